The summed E-state index contributed by atoms with van der Waals surface area (Å²) >= 11 is 0. The van der Waals surface area contributed by atoms with Gasteiger partial charge in [-0.1, -0.05) is 111 Å². The second kappa shape index (κ2) is 17.6. The molecule has 0 aliphatic rings. The number of hydrogen-bond donors (Lipinski definition) is 0. The predicted molar refractivity (Wildman–Crippen MR) is 170 cm³/mol. The Labute approximate surface area is 248 Å². The molecule has 0 atom stereocenters. The molecule has 220 valence electrons. The van der Waals surface area contributed by atoms with Crippen molar-refractivity contribution in [2.45, 2.75) is 60.0 Å². The molecule has 0 fully saturated rings. The molecule has 0 heterocycles. The SMILES string of the molecule is C=C(C)C(=O)OB(OCCCC)OC(c1ccccc1)(c1ccccc1)c1ccccc1.CC[N+](CC)(CC)CC. The van der Waals surface area contributed by atoms with Crippen LogP contribution in [0.2, 0.25) is 0 Å². The largest absolute Gasteiger partial charge is 0.716 e. The van der Waals surface area contributed by atoms with Crippen LogP contribution in [0, 0.1) is 0 Å². The Morgan fingerprint density at radius 2 is 1.12 bits per heavy atom. The number of benzene rings is 3. The van der Waals surface area contributed by atoms with E-state index in [1.165, 1.54) is 30.7 Å². The van der Waals surface area contributed by atoms with Crippen LogP contribution >= 0.6 is 0 Å². The van der Waals surface area contributed by atoms with Crippen molar-refractivity contribution in [1.29, 1.82) is 0 Å². The van der Waals surface area contributed by atoms with Crippen LogP contribution in [0.1, 0.15) is 71.1 Å². The van der Waals surface area contributed by atoms with E-state index in [-0.39, 0.29) is 5.57 Å². The molecule has 0 bridgehead atoms. The van der Waals surface area contributed by atoms with Crippen LogP contribution in [-0.4, -0.2) is 50.6 Å². The lowest BCUT2D eigenvalue weighted by Crippen LogP contribution is -2.47. The first-order valence-electron chi connectivity index (χ1n) is 15.0. The molecule has 5 nitrogen and oxygen atoms in total. The zero-order valence-corrected chi connectivity index (χ0v) is 26.0. The van der Waals surface area contributed by atoms with Gasteiger partial charge in [0.1, 0.15) is 5.60 Å². The van der Waals surface area contributed by atoms with E-state index >= 15 is 0 Å². The molecule has 0 spiro atoms. The fourth-order valence-corrected chi connectivity index (χ4v) is 4.81. The summed E-state index contributed by atoms with van der Waals surface area (Å²) in [5, 5.41) is 0. The smallest absolute Gasteiger partial charge is 0.481 e. The minimum Gasteiger partial charge on any atom is -0.481 e. The standard InChI is InChI=1S/C27H29BO4.C8H20N/c1-4-5-21-30-28(31-26(29)22(2)3)32-27(23-15-9-6-10-16-23,24-17-11-7-12-18-24)25-19-13-8-14-20-25;1-5-9(6-2,7-3)8-4/h6-20H,2,4-5,21H2,1,3H3;5-8H2,1-4H3/q;+1. The summed E-state index contributed by atoms with van der Waals surface area (Å²) in [6.07, 6.45) is 1.77. The van der Waals surface area contributed by atoms with Crippen molar-refractivity contribution in [2.75, 3.05) is 32.8 Å². The predicted octanol–water partition coefficient (Wildman–Crippen LogP) is 7.80. The Balaban J connectivity index is 0.000000564. The lowest BCUT2D eigenvalue weighted by atomic mass is 9.79. The highest BCUT2D eigenvalue weighted by molar-refractivity contribution is 6.40. The van der Waals surface area contributed by atoms with Crippen LogP contribution in [0.25, 0.3) is 0 Å². The quantitative estimate of drug-likeness (QED) is 0.0628. The van der Waals surface area contributed by atoms with E-state index in [1.54, 1.807) is 6.92 Å². The number of carbonyl (C=O) groups excluding carboxylic acids is 1. The molecule has 0 aromatic heterocycles. The van der Waals surface area contributed by atoms with Crippen molar-refractivity contribution in [3.05, 3.63) is 120 Å². The van der Waals surface area contributed by atoms with Gasteiger partial charge in [0.15, 0.2) is 0 Å². The van der Waals surface area contributed by atoms with E-state index in [0.29, 0.717) is 6.61 Å². The fourth-order valence-electron chi connectivity index (χ4n) is 4.81. The molecule has 0 saturated heterocycles. The second-order valence-electron chi connectivity index (χ2n) is 10.2. The van der Waals surface area contributed by atoms with Crippen molar-refractivity contribution in [1.82, 2.24) is 0 Å². The van der Waals surface area contributed by atoms with Gasteiger partial charge in [-0.3, -0.25) is 0 Å². The third-order valence-electron chi connectivity index (χ3n) is 7.80. The molecule has 0 aliphatic carbocycles. The van der Waals surface area contributed by atoms with Crippen molar-refractivity contribution < 1.29 is 23.2 Å². The van der Waals surface area contributed by atoms with Gasteiger partial charge in [0, 0.05) is 12.2 Å². The maximum absolute atomic E-state index is 12.4. The number of rotatable bonds is 15. The van der Waals surface area contributed by atoms with Gasteiger partial charge in [0.25, 0.3) is 0 Å². The lowest BCUT2D eigenvalue weighted by Gasteiger charge is -2.37. The van der Waals surface area contributed by atoms with Gasteiger partial charge in [-0.15, -0.1) is 0 Å². The van der Waals surface area contributed by atoms with E-state index < -0.39 is 18.9 Å². The average Bonchev–Trinajstić information content (AvgIpc) is 3.03. The maximum Gasteiger partial charge on any atom is 0.716 e. The van der Waals surface area contributed by atoms with E-state index in [9.17, 15) is 4.79 Å². The minimum atomic E-state index is -1.22. The third-order valence-corrected chi connectivity index (χ3v) is 7.80. The Morgan fingerprint density at radius 1 is 0.732 bits per heavy atom. The van der Waals surface area contributed by atoms with E-state index in [1.807, 2.05) is 91.0 Å². The molecule has 41 heavy (non-hydrogen) atoms. The van der Waals surface area contributed by atoms with E-state index in [2.05, 4.69) is 41.2 Å². The Kier molecular flexibility index (Phi) is 14.6. The van der Waals surface area contributed by atoms with Crippen LogP contribution in [0.3, 0.4) is 0 Å². The highest BCUT2D eigenvalue weighted by atomic mass is 16.8. The molecule has 0 aliphatic heterocycles. The number of quaternary nitrogens is 1. The van der Waals surface area contributed by atoms with Gasteiger partial charge in [-0.2, -0.15) is 0 Å². The molecule has 6 heteroatoms. The molecule has 0 radical (unpaired) electrons. The van der Waals surface area contributed by atoms with Gasteiger partial charge in [-0.25, -0.2) is 4.79 Å². The Bertz CT molecular complexity index is 1040. The van der Waals surface area contributed by atoms with Gasteiger partial charge in [0.05, 0.1) is 26.2 Å². The first kappa shape index (κ1) is 34.0. The van der Waals surface area contributed by atoms with Crippen LogP contribution in [0.15, 0.2) is 103 Å². The van der Waals surface area contributed by atoms with E-state index in [0.717, 1.165) is 29.5 Å². The number of unbranched alkanes of at least 4 members (excludes halogenated alkanes) is 1. The van der Waals surface area contributed by atoms with Crippen molar-refractivity contribution in [3.63, 3.8) is 0 Å². The molecule has 0 N–H and O–H groups in total. The summed E-state index contributed by atoms with van der Waals surface area (Å²) in [5.74, 6) is -0.561. The molecule has 3 aromatic rings. The maximum atomic E-state index is 12.4. The average molecular weight is 559 g/mol. The normalized spacial score (nSPS) is 11.3. The summed E-state index contributed by atoms with van der Waals surface area (Å²) in [4.78, 5) is 12.4. The zero-order chi connectivity index (χ0) is 30.1. The lowest BCUT2D eigenvalue weighted by molar-refractivity contribution is -0.921. The molecule has 0 saturated carbocycles. The summed E-state index contributed by atoms with van der Waals surface area (Å²) in [6, 6.07) is 29.7. The molecular formula is C35H49BNO4+. The summed E-state index contributed by atoms with van der Waals surface area (Å²) < 4.78 is 19.4. The van der Waals surface area contributed by atoms with Gasteiger partial charge >= 0.3 is 13.3 Å². The Morgan fingerprint density at radius 3 is 1.41 bits per heavy atom. The van der Waals surface area contributed by atoms with Crippen molar-refractivity contribution in [2.24, 2.45) is 0 Å². The summed E-state index contributed by atoms with van der Waals surface area (Å²) in [5.41, 5.74) is 1.91. The zero-order valence-electron chi connectivity index (χ0n) is 26.0. The minimum absolute atomic E-state index is 0.280. The first-order chi connectivity index (χ1) is 19.8. The topological polar surface area (TPSA) is 44.8 Å². The monoisotopic (exact) mass is 558 g/mol. The Hall–Kier alpha value is -3.19. The molecule has 3 aromatic carbocycles. The van der Waals surface area contributed by atoms with Crippen LogP contribution in [-0.2, 0) is 24.4 Å². The van der Waals surface area contributed by atoms with E-state index in [4.69, 9.17) is 14.0 Å². The molecule has 0 unspecified atom stereocenters. The van der Waals surface area contributed by atoms with Crippen molar-refractivity contribution in [3.8, 4) is 0 Å². The summed E-state index contributed by atoms with van der Waals surface area (Å²) in [6.45, 7) is 22.0. The highest BCUT2D eigenvalue weighted by Gasteiger charge is 2.44. The van der Waals surface area contributed by atoms with Gasteiger partial charge in [0.2, 0.25) is 0 Å². The fraction of sp³-hybridized carbons (Fsp3) is 0.400. The van der Waals surface area contributed by atoms with Crippen molar-refractivity contribution >= 4 is 13.3 Å². The van der Waals surface area contributed by atoms with Crippen LogP contribution < -0.4 is 0 Å². The van der Waals surface area contributed by atoms with Gasteiger partial charge < -0.3 is 18.4 Å². The number of carbonyl (C=O) groups is 1. The molecule has 0 amide bonds. The van der Waals surface area contributed by atoms with Crippen LogP contribution in [0.5, 0.6) is 0 Å². The van der Waals surface area contributed by atoms with Gasteiger partial charge in [-0.05, 0) is 57.7 Å². The summed E-state index contributed by atoms with van der Waals surface area (Å²) in [7, 11) is -1.22. The van der Waals surface area contributed by atoms with Crippen LogP contribution in [0.4, 0.5) is 0 Å². The second-order valence-corrected chi connectivity index (χ2v) is 10.2. The molecular weight excluding hydrogens is 509 g/mol. The number of hydrogen-bond acceptors (Lipinski definition) is 4. The first-order valence-corrected chi connectivity index (χ1v) is 15.0. The third kappa shape index (κ3) is 9.42. The number of nitrogens with zero attached hydrogens (tertiary/aromatic N) is 1. The highest BCUT2D eigenvalue weighted by Crippen LogP contribution is 2.41. The molecule has 3 rings (SSSR count).